The Balaban J connectivity index is 1.82. The highest BCUT2D eigenvalue weighted by Gasteiger charge is 2.48. The molecule has 0 saturated heterocycles. The van der Waals surface area contributed by atoms with Gasteiger partial charge in [-0.3, -0.25) is 10.1 Å². The van der Waals surface area contributed by atoms with Crippen LogP contribution >= 0.6 is 0 Å². The Morgan fingerprint density at radius 3 is 2.31 bits per heavy atom. The fourth-order valence-electron chi connectivity index (χ4n) is 3.42. The maximum Gasteiger partial charge on any atom is 0.425 e. The van der Waals surface area contributed by atoms with Crippen molar-refractivity contribution in [3.05, 3.63) is 24.3 Å². The van der Waals surface area contributed by atoms with Crippen LogP contribution in [0.3, 0.4) is 0 Å². The van der Waals surface area contributed by atoms with Gasteiger partial charge in [-0.05, 0) is 62.8 Å². The molecule has 0 unspecified atom stereocenters. The Hall–Kier alpha value is -2.74. The Bertz CT molecular complexity index is 1300. The van der Waals surface area contributed by atoms with Crippen LogP contribution in [0.25, 0.3) is 0 Å². The van der Waals surface area contributed by atoms with Crippen LogP contribution in [0.2, 0.25) is 0 Å². The SMILES string of the molecule is CC#C[C@H](N[C@@H](CS(=O)(=O)CC1CC1)C(=O)NC1(C#N)CC1)C(F)(F)Oc1ccc(S(C)(=O)=O)cc1. The van der Waals surface area contributed by atoms with Gasteiger partial charge in [0.2, 0.25) is 5.91 Å². The first-order valence-electron chi connectivity index (χ1n) is 11.2. The molecule has 2 aliphatic carbocycles. The molecular formula is C23H27F2N3O6S2. The summed E-state index contributed by atoms with van der Waals surface area (Å²) in [4.78, 5) is 12.8. The Kier molecular flexibility index (Phi) is 7.98. The standard InChI is InChI=1S/C23H27F2N3O6S2/c1-3-4-20(23(24,25)34-17-7-9-18(10-8-17)35(2,30)31)27-19(14-36(32,33)13-16-5-6-16)21(29)28-22(15-26)11-12-22/h7-10,16,19-20,27H,5-6,11-14H2,1-2H3,(H,28,29)/t19-,20-/m0/s1. The van der Waals surface area contributed by atoms with E-state index in [0.717, 1.165) is 43.4 Å². The highest BCUT2D eigenvalue weighted by molar-refractivity contribution is 7.91. The molecule has 2 aliphatic rings. The average Bonchev–Trinajstić information content (AvgIpc) is 3.70. The van der Waals surface area contributed by atoms with E-state index in [4.69, 9.17) is 4.74 Å². The molecule has 0 spiro atoms. The molecule has 2 saturated carbocycles. The van der Waals surface area contributed by atoms with Crippen molar-refractivity contribution in [2.24, 2.45) is 5.92 Å². The average molecular weight is 544 g/mol. The summed E-state index contributed by atoms with van der Waals surface area (Å²) in [6, 6.07) is 2.54. The van der Waals surface area contributed by atoms with Gasteiger partial charge >= 0.3 is 6.11 Å². The molecule has 1 aromatic carbocycles. The number of carbonyl (C=O) groups excluding carboxylic acids is 1. The van der Waals surface area contributed by atoms with E-state index >= 15 is 8.78 Å². The minimum absolute atomic E-state index is 0.0153. The van der Waals surface area contributed by atoms with Gasteiger partial charge < -0.3 is 10.1 Å². The Morgan fingerprint density at radius 2 is 1.83 bits per heavy atom. The van der Waals surface area contributed by atoms with Crippen molar-refractivity contribution in [2.75, 3.05) is 17.8 Å². The summed E-state index contributed by atoms with van der Waals surface area (Å²) in [6.07, 6.45) is -0.838. The molecule has 2 atom stereocenters. The Labute approximate surface area is 209 Å². The fraction of sp³-hybridized carbons (Fsp3) is 0.565. The predicted octanol–water partition coefficient (Wildman–Crippen LogP) is 1.41. The predicted molar refractivity (Wildman–Crippen MR) is 126 cm³/mol. The Morgan fingerprint density at radius 1 is 1.22 bits per heavy atom. The van der Waals surface area contributed by atoms with E-state index in [-0.39, 0.29) is 22.3 Å². The van der Waals surface area contributed by atoms with Crippen molar-refractivity contribution in [1.82, 2.24) is 10.6 Å². The molecule has 1 aromatic rings. The number of rotatable bonds is 12. The van der Waals surface area contributed by atoms with E-state index in [9.17, 15) is 26.9 Å². The monoisotopic (exact) mass is 543 g/mol. The molecule has 0 aliphatic heterocycles. The second-order valence-corrected chi connectivity index (χ2v) is 13.3. The zero-order chi connectivity index (χ0) is 26.8. The third-order valence-electron chi connectivity index (χ3n) is 5.75. The van der Waals surface area contributed by atoms with Crippen LogP contribution in [0, 0.1) is 29.1 Å². The first-order chi connectivity index (χ1) is 16.7. The number of halogens is 2. The number of benzene rings is 1. The summed E-state index contributed by atoms with van der Waals surface area (Å²) < 4.78 is 83.6. The van der Waals surface area contributed by atoms with Crippen molar-refractivity contribution in [1.29, 1.82) is 5.26 Å². The van der Waals surface area contributed by atoms with Crippen molar-refractivity contribution >= 4 is 25.6 Å². The number of sulfone groups is 2. The quantitative estimate of drug-likeness (QED) is 0.377. The van der Waals surface area contributed by atoms with Crippen LogP contribution < -0.4 is 15.4 Å². The third kappa shape index (κ3) is 7.63. The normalized spacial score (nSPS) is 18.6. The number of carbonyl (C=O) groups is 1. The van der Waals surface area contributed by atoms with E-state index in [1.54, 1.807) is 0 Å². The van der Waals surface area contributed by atoms with Gasteiger partial charge in [-0.1, -0.05) is 5.92 Å². The molecule has 0 aromatic heterocycles. The molecule has 2 N–H and O–H groups in total. The van der Waals surface area contributed by atoms with Gasteiger partial charge in [0.05, 0.1) is 22.5 Å². The van der Waals surface area contributed by atoms with Gasteiger partial charge in [-0.25, -0.2) is 16.8 Å². The number of amides is 1. The summed E-state index contributed by atoms with van der Waals surface area (Å²) in [5.74, 6) is 2.36. The maximum absolute atomic E-state index is 15.1. The number of nitrogens with zero attached hydrogens (tertiary/aromatic N) is 1. The van der Waals surface area contributed by atoms with Crippen LogP contribution in [0.15, 0.2) is 29.2 Å². The van der Waals surface area contributed by atoms with E-state index in [2.05, 4.69) is 22.5 Å². The van der Waals surface area contributed by atoms with Crippen LogP contribution in [0.5, 0.6) is 5.75 Å². The molecule has 9 nitrogen and oxygen atoms in total. The topological polar surface area (TPSA) is 142 Å². The zero-order valence-corrected chi connectivity index (χ0v) is 21.4. The van der Waals surface area contributed by atoms with Crippen molar-refractivity contribution in [3.8, 4) is 23.7 Å². The molecule has 196 valence electrons. The van der Waals surface area contributed by atoms with Gasteiger partial charge in [0.15, 0.2) is 25.7 Å². The van der Waals surface area contributed by atoms with E-state index in [1.165, 1.54) is 6.92 Å². The molecule has 0 heterocycles. The molecule has 3 rings (SSSR count). The maximum atomic E-state index is 15.1. The van der Waals surface area contributed by atoms with Crippen molar-refractivity contribution in [3.63, 3.8) is 0 Å². The smallest absolute Gasteiger partial charge is 0.425 e. The van der Waals surface area contributed by atoms with Gasteiger partial charge in [0.1, 0.15) is 17.3 Å². The number of nitrogens with one attached hydrogen (secondary N) is 2. The molecule has 0 bridgehead atoms. The molecular weight excluding hydrogens is 516 g/mol. The zero-order valence-electron chi connectivity index (χ0n) is 19.8. The number of alkyl halides is 2. The number of nitriles is 1. The second-order valence-electron chi connectivity index (χ2n) is 9.16. The minimum Gasteiger partial charge on any atom is -0.431 e. The number of ether oxygens (including phenoxy) is 1. The van der Waals surface area contributed by atoms with Crippen molar-refractivity contribution in [2.45, 2.75) is 61.2 Å². The third-order valence-corrected chi connectivity index (χ3v) is 8.70. The number of hydrogen-bond donors (Lipinski definition) is 2. The van der Waals surface area contributed by atoms with Crippen LogP contribution in [-0.2, 0) is 24.5 Å². The molecule has 0 radical (unpaired) electrons. The molecule has 36 heavy (non-hydrogen) atoms. The first-order valence-corrected chi connectivity index (χ1v) is 14.9. The lowest BCUT2D eigenvalue weighted by Gasteiger charge is -2.28. The summed E-state index contributed by atoms with van der Waals surface area (Å²) in [7, 11) is -7.33. The largest absolute Gasteiger partial charge is 0.431 e. The van der Waals surface area contributed by atoms with Crippen molar-refractivity contribution < 1.29 is 35.1 Å². The lowest BCUT2D eigenvalue weighted by molar-refractivity contribution is -0.188. The lowest BCUT2D eigenvalue weighted by Crippen LogP contribution is -2.59. The summed E-state index contributed by atoms with van der Waals surface area (Å²) in [5, 5.41) is 14.1. The van der Waals surface area contributed by atoms with Gasteiger partial charge in [-0.15, -0.1) is 5.92 Å². The molecule has 13 heteroatoms. The molecule has 2 fully saturated rings. The van der Waals surface area contributed by atoms with Crippen LogP contribution in [0.1, 0.15) is 32.6 Å². The van der Waals surface area contributed by atoms with Gasteiger partial charge in [0, 0.05) is 6.26 Å². The minimum atomic E-state index is -4.04. The van der Waals surface area contributed by atoms with Crippen LogP contribution in [-0.4, -0.2) is 64.2 Å². The van der Waals surface area contributed by atoms with Gasteiger partial charge in [-0.2, -0.15) is 14.0 Å². The van der Waals surface area contributed by atoms with E-state index in [0.29, 0.717) is 12.8 Å². The van der Waals surface area contributed by atoms with Gasteiger partial charge in [0.25, 0.3) is 0 Å². The van der Waals surface area contributed by atoms with E-state index in [1.807, 2.05) is 6.07 Å². The second kappa shape index (κ2) is 10.3. The van der Waals surface area contributed by atoms with Crippen LogP contribution in [0.4, 0.5) is 8.78 Å². The summed E-state index contributed by atoms with van der Waals surface area (Å²) >= 11 is 0. The first kappa shape index (κ1) is 27.8. The lowest BCUT2D eigenvalue weighted by atomic mass is 10.2. The summed E-state index contributed by atoms with van der Waals surface area (Å²) in [6.45, 7) is 1.29. The highest BCUT2D eigenvalue weighted by atomic mass is 32.2. The van der Waals surface area contributed by atoms with E-state index < -0.39 is 55.1 Å². The number of hydrogen-bond acceptors (Lipinski definition) is 8. The highest BCUT2D eigenvalue weighted by Crippen LogP contribution is 2.35. The summed E-state index contributed by atoms with van der Waals surface area (Å²) in [5.41, 5.74) is -1.14. The molecule has 1 amide bonds. The fourth-order valence-corrected chi connectivity index (χ4v) is 5.99.